The van der Waals surface area contributed by atoms with Gasteiger partial charge in [0.2, 0.25) is 16.8 Å². The molecule has 0 spiro atoms. The van der Waals surface area contributed by atoms with Crippen molar-refractivity contribution in [3.63, 3.8) is 0 Å². The van der Waals surface area contributed by atoms with Crippen LogP contribution in [0.2, 0.25) is 0 Å². The number of ether oxygens (including phenoxy) is 2. The Morgan fingerprint density at radius 2 is 1.90 bits per heavy atom. The van der Waals surface area contributed by atoms with Gasteiger partial charge in [0.1, 0.15) is 0 Å². The van der Waals surface area contributed by atoms with E-state index in [0.717, 1.165) is 0 Å². The summed E-state index contributed by atoms with van der Waals surface area (Å²) in [6, 6.07) is 3.34. The topological polar surface area (TPSA) is 67.9 Å². The van der Waals surface area contributed by atoms with Gasteiger partial charge in [-0.15, -0.1) is 0 Å². The van der Waals surface area contributed by atoms with E-state index in [-0.39, 0.29) is 18.9 Å². The van der Waals surface area contributed by atoms with Crippen LogP contribution in [-0.4, -0.2) is 44.7 Å². The van der Waals surface area contributed by atoms with Crippen LogP contribution in [0.15, 0.2) is 17.0 Å². The standard InChI is InChI=1S/C14H20N2O4S/c1-9-6-12-13(20-8-19-12)7-14(9)21(17,18)16-5-4-15-10(2)11(16)3/h6-7,10-11,15H,4-5,8H2,1-3H3. The molecule has 0 aromatic heterocycles. The summed E-state index contributed by atoms with van der Waals surface area (Å²) in [4.78, 5) is 0.299. The van der Waals surface area contributed by atoms with Gasteiger partial charge >= 0.3 is 0 Å². The molecule has 1 fully saturated rings. The second-order valence-corrected chi connectivity index (χ2v) is 7.43. The first kappa shape index (κ1) is 14.6. The van der Waals surface area contributed by atoms with Crippen molar-refractivity contribution < 1.29 is 17.9 Å². The fourth-order valence-electron chi connectivity index (χ4n) is 2.79. The van der Waals surface area contributed by atoms with Crippen LogP contribution in [0.4, 0.5) is 0 Å². The number of hydrogen-bond acceptors (Lipinski definition) is 5. The second-order valence-electron chi connectivity index (χ2n) is 5.57. The highest BCUT2D eigenvalue weighted by Gasteiger charge is 2.36. The van der Waals surface area contributed by atoms with Crippen LogP contribution in [0.1, 0.15) is 19.4 Å². The third kappa shape index (κ3) is 2.39. The lowest BCUT2D eigenvalue weighted by molar-refractivity contribution is 0.174. The molecule has 0 bridgehead atoms. The molecular formula is C14H20N2O4S. The fourth-order valence-corrected chi connectivity index (χ4v) is 4.72. The number of nitrogens with one attached hydrogen (secondary N) is 1. The number of fused-ring (bicyclic) bond motifs is 1. The molecule has 6 nitrogen and oxygen atoms in total. The smallest absolute Gasteiger partial charge is 0.243 e. The molecule has 1 N–H and O–H groups in total. The second kappa shape index (κ2) is 5.15. The SMILES string of the molecule is Cc1cc2c(cc1S(=O)(=O)N1CCNC(C)C1C)OCO2. The Morgan fingerprint density at radius 3 is 2.62 bits per heavy atom. The largest absolute Gasteiger partial charge is 0.454 e. The quantitative estimate of drug-likeness (QED) is 0.885. The van der Waals surface area contributed by atoms with Gasteiger partial charge in [-0.05, 0) is 32.4 Å². The van der Waals surface area contributed by atoms with Gasteiger partial charge in [0.15, 0.2) is 11.5 Å². The Bertz CT molecular complexity index is 659. The number of aryl methyl sites for hydroxylation is 1. The van der Waals surface area contributed by atoms with Crippen molar-refractivity contribution in [2.45, 2.75) is 37.8 Å². The molecular weight excluding hydrogens is 292 g/mol. The summed E-state index contributed by atoms with van der Waals surface area (Å²) in [5.41, 5.74) is 0.678. The summed E-state index contributed by atoms with van der Waals surface area (Å²) in [6.45, 7) is 6.98. The van der Waals surface area contributed by atoms with Gasteiger partial charge in [0.25, 0.3) is 0 Å². The molecule has 1 aromatic rings. The Morgan fingerprint density at radius 1 is 1.24 bits per heavy atom. The van der Waals surface area contributed by atoms with Gasteiger partial charge in [-0.3, -0.25) is 0 Å². The molecule has 1 saturated heterocycles. The Balaban J connectivity index is 2.02. The third-order valence-corrected chi connectivity index (χ3v) is 6.36. The highest BCUT2D eigenvalue weighted by molar-refractivity contribution is 7.89. The molecule has 7 heteroatoms. The molecule has 0 aliphatic carbocycles. The first-order valence-electron chi connectivity index (χ1n) is 7.07. The van der Waals surface area contributed by atoms with E-state index in [1.807, 2.05) is 13.8 Å². The number of rotatable bonds is 2. The molecule has 0 radical (unpaired) electrons. The van der Waals surface area contributed by atoms with Gasteiger partial charge < -0.3 is 14.8 Å². The predicted molar refractivity (Wildman–Crippen MR) is 78.1 cm³/mol. The van der Waals surface area contributed by atoms with E-state index in [0.29, 0.717) is 35.0 Å². The predicted octanol–water partition coefficient (Wildman–Crippen LogP) is 1.09. The van der Waals surface area contributed by atoms with Crippen molar-refractivity contribution in [2.24, 2.45) is 0 Å². The lowest BCUT2D eigenvalue weighted by atomic mass is 10.1. The van der Waals surface area contributed by atoms with E-state index >= 15 is 0 Å². The number of sulfonamides is 1. The van der Waals surface area contributed by atoms with Crippen LogP contribution in [0, 0.1) is 6.92 Å². The van der Waals surface area contributed by atoms with Gasteiger partial charge in [-0.25, -0.2) is 8.42 Å². The van der Waals surface area contributed by atoms with Gasteiger partial charge in [-0.1, -0.05) is 0 Å². The van der Waals surface area contributed by atoms with E-state index in [9.17, 15) is 8.42 Å². The first-order valence-corrected chi connectivity index (χ1v) is 8.51. The molecule has 2 atom stereocenters. The molecule has 2 heterocycles. The van der Waals surface area contributed by atoms with Crippen LogP contribution in [0.5, 0.6) is 11.5 Å². The van der Waals surface area contributed by atoms with Crippen molar-refractivity contribution in [1.29, 1.82) is 0 Å². The number of benzene rings is 1. The van der Waals surface area contributed by atoms with Gasteiger partial charge in [-0.2, -0.15) is 4.31 Å². The summed E-state index contributed by atoms with van der Waals surface area (Å²) in [6.07, 6.45) is 0. The Kier molecular flexibility index (Phi) is 3.59. The first-order chi connectivity index (χ1) is 9.91. The van der Waals surface area contributed by atoms with E-state index in [1.54, 1.807) is 23.4 Å². The minimum atomic E-state index is -3.54. The van der Waals surface area contributed by atoms with Crippen LogP contribution < -0.4 is 14.8 Å². The molecule has 1 aromatic carbocycles. The maximum atomic E-state index is 13.0. The summed E-state index contributed by atoms with van der Waals surface area (Å²) < 4.78 is 38.1. The Hall–Kier alpha value is -1.31. The van der Waals surface area contributed by atoms with Crippen molar-refractivity contribution in [1.82, 2.24) is 9.62 Å². The number of nitrogens with zero attached hydrogens (tertiary/aromatic N) is 1. The van der Waals surface area contributed by atoms with Crippen molar-refractivity contribution in [2.75, 3.05) is 19.9 Å². The van der Waals surface area contributed by atoms with E-state index in [4.69, 9.17) is 9.47 Å². The third-order valence-electron chi connectivity index (χ3n) is 4.23. The van der Waals surface area contributed by atoms with E-state index < -0.39 is 10.0 Å². The summed E-state index contributed by atoms with van der Waals surface area (Å²) in [7, 11) is -3.54. The molecule has 2 aliphatic rings. The zero-order chi connectivity index (χ0) is 15.2. The average molecular weight is 312 g/mol. The molecule has 2 aliphatic heterocycles. The summed E-state index contributed by atoms with van der Waals surface area (Å²) in [5.74, 6) is 1.10. The highest BCUT2D eigenvalue weighted by Crippen LogP contribution is 2.37. The van der Waals surface area contributed by atoms with Gasteiger partial charge in [0, 0.05) is 31.2 Å². The number of hydrogen-bond donors (Lipinski definition) is 1. The Labute approximate surface area is 125 Å². The molecule has 116 valence electrons. The van der Waals surface area contributed by atoms with Crippen molar-refractivity contribution in [3.8, 4) is 11.5 Å². The average Bonchev–Trinajstić information content (AvgIpc) is 2.87. The van der Waals surface area contributed by atoms with Crippen LogP contribution in [0.25, 0.3) is 0 Å². The van der Waals surface area contributed by atoms with Crippen LogP contribution >= 0.6 is 0 Å². The zero-order valence-electron chi connectivity index (χ0n) is 12.4. The lowest BCUT2D eigenvalue weighted by Crippen LogP contribution is -2.57. The molecule has 3 rings (SSSR count). The summed E-state index contributed by atoms with van der Waals surface area (Å²) >= 11 is 0. The van der Waals surface area contributed by atoms with E-state index in [1.165, 1.54) is 0 Å². The van der Waals surface area contributed by atoms with Crippen LogP contribution in [0.3, 0.4) is 0 Å². The van der Waals surface area contributed by atoms with Crippen LogP contribution in [-0.2, 0) is 10.0 Å². The molecule has 21 heavy (non-hydrogen) atoms. The minimum Gasteiger partial charge on any atom is -0.454 e. The monoisotopic (exact) mass is 312 g/mol. The summed E-state index contributed by atoms with van der Waals surface area (Å²) in [5, 5.41) is 3.29. The fraction of sp³-hybridized carbons (Fsp3) is 0.571. The highest BCUT2D eigenvalue weighted by atomic mass is 32.2. The zero-order valence-corrected chi connectivity index (χ0v) is 13.2. The van der Waals surface area contributed by atoms with Crippen molar-refractivity contribution >= 4 is 10.0 Å². The maximum Gasteiger partial charge on any atom is 0.243 e. The normalized spacial score (nSPS) is 26.0. The molecule has 0 amide bonds. The molecule has 0 saturated carbocycles. The van der Waals surface area contributed by atoms with Crippen molar-refractivity contribution in [3.05, 3.63) is 17.7 Å². The molecule has 2 unspecified atom stereocenters. The van der Waals surface area contributed by atoms with E-state index in [2.05, 4.69) is 5.32 Å². The lowest BCUT2D eigenvalue weighted by Gasteiger charge is -2.37. The maximum absolute atomic E-state index is 13.0. The number of piperazine rings is 1. The minimum absolute atomic E-state index is 0.0893. The van der Waals surface area contributed by atoms with Gasteiger partial charge in [0.05, 0.1) is 4.90 Å².